The maximum Gasteiger partial charge on any atom is 0.115 e. The SMILES string of the molecule is C[C@]12CC[C@@H]3c4ccc(O)cc4CC[C@H]3[C@@H]1CC[C@@H]2c1cccnc1. The van der Waals surface area contributed by atoms with Gasteiger partial charge < -0.3 is 5.11 Å². The quantitative estimate of drug-likeness (QED) is 0.755. The van der Waals surface area contributed by atoms with E-state index in [-0.39, 0.29) is 0 Å². The molecule has 1 aromatic carbocycles. The predicted octanol–water partition coefficient (Wildman–Crippen LogP) is 5.43. The van der Waals surface area contributed by atoms with Gasteiger partial charge in [-0.3, -0.25) is 4.98 Å². The normalized spacial score (nSPS) is 36.4. The van der Waals surface area contributed by atoms with Crippen molar-refractivity contribution in [3.8, 4) is 5.75 Å². The van der Waals surface area contributed by atoms with E-state index >= 15 is 0 Å². The Kier molecular flexibility index (Phi) is 3.45. The van der Waals surface area contributed by atoms with E-state index in [2.05, 4.69) is 36.3 Å². The number of fused-ring (bicyclic) bond motifs is 5. The molecule has 1 N–H and O–H groups in total. The van der Waals surface area contributed by atoms with Crippen LogP contribution in [0.15, 0.2) is 42.7 Å². The van der Waals surface area contributed by atoms with Crippen molar-refractivity contribution >= 4 is 0 Å². The summed E-state index contributed by atoms with van der Waals surface area (Å²) in [6, 6.07) is 10.5. The van der Waals surface area contributed by atoms with Gasteiger partial charge >= 0.3 is 0 Å². The highest BCUT2D eigenvalue weighted by Gasteiger charge is 2.54. The number of rotatable bonds is 1. The third-order valence-electron chi connectivity index (χ3n) is 7.80. The van der Waals surface area contributed by atoms with Crippen molar-refractivity contribution in [2.24, 2.45) is 17.3 Å². The second-order valence-corrected chi connectivity index (χ2v) is 8.76. The maximum atomic E-state index is 9.83. The van der Waals surface area contributed by atoms with Crippen LogP contribution in [0.25, 0.3) is 0 Å². The van der Waals surface area contributed by atoms with E-state index in [1.165, 1.54) is 48.8 Å². The van der Waals surface area contributed by atoms with Gasteiger partial charge in [0, 0.05) is 12.4 Å². The predicted molar refractivity (Wildman–Crippen MR) is 99.7 cm³/mol. The number of aromatic hydroxyl groups is 1. The Hall–Kier alpha value is -1.83. The van der Waals surface area contributed by atoms with Crippen molar-refractivity contribution in [3.05, 3.63) is 59.4 Å². The molecule has 2 fully saturated rings. The van der Waals surface area contributed by atoms with Gasteiger partial charge in [-0.25, -0.2) is 0 Å². The molecule has 0 unspecified atom stereocenters. The molecule has 2 saturated carbocycles. The summed E-state index contributed by atoms with van der Waals surface area (Å²) < 4.78 is 0. The molecule has 2 heteroatoms. The molecule has 130 valence electrons. The Balaban J connectivity index is 1.48. The molecule has 5 atom stereocenters. The van der Waals surface area contributed by atoms with Crippen LogP contribution in [0.1, 0.15) is 67.6 Å². The van der Waals surface area contributed by atoms with E-state index in [0.717, 1.165) is 18.3 Å². The van der Waals surface area contributed by atoms with E-state index in [9.17, 15) is 5.11 Å². The van der Waals surface area contributed by atoms with Crippen molar-refractivity contribution in [2.45, 2.75) is 57.3 Å². The van der Waals surface area contributed by atoms with Crippen molar-refractivity contribution in [2.75, 3.05) is 0 Å². The molecule has 0 spiro atoms. The van der Waals surface area contributed by atoms with Crippen LogP contribution in [0.5, 0.6) is 5.75 Å². The summed E-state index contributed by atoms with van der Waals surface area (Å²) in [5.74, 6) is 3.45. The number of aromatic nitrogens is 1. The van der Waals surface area contributed by atoms with Gasteiger partial charge in [0.05, 0.1) is 0 Å². The first-order chi connectivity index (χ1) is 12.2. The number of benzene rings is 1. The summed E-state index contributed by atoms with van der Waals surface area (Å²) in [5.41, 5.74) is 4.80. The van der Waals surface area contributed by atoms with Crippen molar-refractivity contribution in [1.82, 2.24) is 4.98 Å². The maximum absolute atomic E-state index is 9.83. The molecule has 0 amide bonds. The summed E-state index contributed by atoms with van der Waals surface area (Å²) in [6.45, 7) is 2.56. The Morgan fingerprint density at radius 3 is 2.88 bits per heavy atom. The van der Waals surface area contributed by atoms with E-state index in [4.69, 9.17) is 0 Å². The number of phenolic OH excluding ortho intramolecular Hbond substituents is 1. The van der Waals surface area contributed by atoms with Gasteiger partial charge in [-0.15, -0.1) is 0 Å². The Morgan fingerprint density at radius 2 is 2.04 bits per heavy atom. The van der Waals surface area contributed by atoms with Crippen LogP contribution in [-0.2, 0) is 6.42 Å². The molecular weight excluding hydrogens is 306 g/mol. The molecule has 5 rings (SSSR count). The largest absolute Gasteiger partial charge is 0.508 e. The van der Waals surface area contributed by atoms with Crippen LogP contribution in [0.2, 0.25) is 0 Å². The van der Waals surface area contributed by atoms with Crippen LogP contribution in [0.4, 0.5) is 0 Å². The van der Waals surface area contributed by atoms with Gasteiger partial charge in [-0.1, -0.05) is 19.1 Å². The van der Waals surface area contributed by atoms with Gasteiger partial charge in [-0.05, 0) is 103 Å². The van der Waals surface area contributed by atoms with Gasteiger partial charge in [0.25, 0.3) is 0 Å². The standard InChI is InChI=1S/C23H27NO/c1-23-11-10-19-18-7-5-17(25)13-15(18)4-6-20(19)22(23)9-8-21(23)16-3-2-12-24-14-16/h2-3,5,7,12-14,19-22,25H,4,6,8-11H2,1H3/t19-,20-,21-,22+,23-/m1/s1. The fourth-order valence-corrected chi connectivity index (χ4v) is 6.70. The number of nitrogens with zero attached hydrogens (tertiary/aromatic N) is 1. The zero-order valence-electron chi connectivity index (χ0n) is 15.0. The highest BCUT2D eigenvalue weighted by molar-refractivity contribution is 5.40. The third-order valence-corrected chi connectivity index (χ3v) is 7.80. The van der Waals surface area contributed by atoms with Crippen molar-refractivity contribution in [1.29, 1.82) is 0 Å². The molecule has 0 saturated heterocycles. The minimum absolute atomic E-state index is 0.426. The molecule has 3 aliphatic carbocycles. The van der Waals surface area contributed by atoms with Crippen LogP contribution in [-0.4, -0.2) is 10.1 Å². The summed E-state index contributed by atoms with van der Waals surface area (Å²) >= 11 is 0. The molecule has 1 heterocycles. The Labute approximate surface area is 150 Å². The average molecular weight is 333 g/mol. The van der Waals surface area contributed by atoms with Gasteiger partial charge in [0.1, 0.15) is 5.75 Å². The number of hydrogen-bond acceptors (Lipinski definition) is 2. The summed E-state index contributed by atoms with van der Waals surface area (Å²) in [6.07, 6.45) is 11.7. The number of phenols is 1. The summed E-state index contributed by atoms with van der Waals surface area (Å²) in [7, 11) is 0. The first kappa shape index (κ1) is 15.4. The van der Waals surface area contributed by atoms with E-state index in [1.54, 1.807) is 0 Å². The molecule has 25 heavy (non-hydrogen) atoms. The van der Waals surface area contributed by atoms with Gasteiger partial charge in [-0.2, -0.15) is 0 Å². The smallest absolute Gasteiger partial charge is 0.115 e. The molecular formula is C23H27NO. The molecule has 3 aliphatic rings. The van der Waals surface area contributed by atoms with Gasteiger partial charge in [0.2, 0.25) is 0 Å². The fourth-order valence-electron chi connectivity index (χ4n) is 6.70. The summed E-state index contributed by atoms with van der Waals surface area (Å²) in [4.78, 5) is 4.39. The monoisotopic (exact) mass is 333 g/mol. The van der Waals surface area contributed by atoms with E-state index < -0.39 is 0 Å². The number of hydrogen-bond donors (Lipinski definition) is 1. The van der Waals surface area contributed by atoms with Crippen LogP contribution in [0, 0.1) is 17.3 Å². The Bertz CT molecular complexity index is 786. The van der Waals surface area contributed by atoms with Crippen molar-refractivity contribution in [3.63, 3.8) is 0 Å². The lowest BCUT2D eigenvalue weighted by molar-refractivity contribution is 0.0481. The molecule has 0 aliphatic heterocycles. The lowest BCUT2D eigenvalue weighted by atomic mass is 9.53. The first-order valence-electron chi connectivity index (χ1n) is 9.88. The second kappa shape index (κ2) is 5.59. The third kappa shape index (κ3) is 2.26. The van der Waals surface area contributed by atoms with Crippen LogP contribution >= 0.6 is 0 Å². The van der Waals surface area contributed by atoms with Crippen LogP contribution in [0.3, 0.4) is 0 Å². The van der Waals surface area contributed by atoms with Crippen molar-refractivity contribution < 1.29 is 5.11 Å². The number of pyridine rings is 1. The topological polar surface area (TPSA) is 33.1 Å². The van der Waals surface area contributed by atoms with Crippen LogP contribution < -0.4 is 0 Å². The zero-order chi connectivity index (χ0) is 17.0. The first-order valence-corrected chi connectivity index (χ1v) is 9.88. The lowest BCUT2D eigenvalue weighted by Gasteiger charge is -2.51. The number of aryl methyl sites for hydroxylation is 1. The van der Waals surface area contributed by atoms with Gasteiger partial charge in [0.15, 0.2) is 0 Å². The Morgan fingerprint density at radius 1 is 1.12 bits per heavy atom. The lowest BCUT2D eigenvalue weighted by Crippen LogP contribution is -2.41. The fraction of sp³-hybridized carbons (Fsp3) is 0.522. The minimum atomic E-state index is 0.426. The van der Waals surface area contributed by atoms with E-state index in [0.29, 0.717) is 23.0 Å². The average Bonchev–Trinajstić information content (AvgIpc) is 2.99. The zero-order valence-corrected chi connectivity index (χ0v) is 15.0. The molecule has 0 bridgehead atoms. The molecule has 1 aromatic heterocycles. The minimum Gasteiger partial charge on any atom is -0.508 e. The molecule has 2 aromatic rings. The molecule has 2 nitrogen and oxygen atoms in total. The van der Waals surface area contributed by atoms with E-state index in [1.807, 2.05) is 18.3 Å². The highest BCUT2D eigenvalue weighted by atomic mass is 16.3. The second-order valence-electron chi connectivity index (χ2n) is 8.76. The highest BCUT2D eigenvalue weighted by Crippen LogP contribution is 2.65. The molecule has 0 radical (unpaired) electrons. The summed E-state index contributed by atoms with van der Waals surface area (Å²) in [5, 5.41) is 9.83.